The lowest BCUT2D eigenvalue weighted by atomic mass is 10.1. The summed E-state index contributed by atoms with van der Waals surface area (Å²) in [6, 6.07) is 4.90. The summed E-state index contributed by atoms with van der Waals surface area (Å²) < 4.78 is 10.3. The minimum Gasteiger partial charge on any atom is -0.496 e. The zero-order valence-electron chi connectivity index (χ0n) is 8.77. The number of methoxy groups -OCH3 is 2. The lowest BCUT2D eigenvalue weighted by Crippen LogP contribution is -2.16. The topological polar surface area (TPSA) is 64.7 Å². The maximum atomic E-state index is 8.99. The second-order valence-corrected chi connectivity index (χ2v) is 2.87. The van der Waals surface area contributed by atoms with Crippen molar-refractivity contribution in [2.24, 2.45) is 5.73 Å². The van der Waals surface area contributed by atoms with E-state index in [-0.39, 0.29) is 19.0 Å². The molecule has 4 nitrogen and oxygen atoms in total. The Morgan fingerprint density at radius 1 is 1.27 bits per heavy atom. The van der Waals surface area contributed by atoms with Crippen LogP contribution in [0, 0.1) is 0 Å². The van der Waals surface area contributed by atoms with Crippen LogP contribution in [0.5, 0.6) is 11.5 Å². The molecule has 0 saturated carbocycles. The minimum absolute atomic E-state index is 0. The van der Waals surface area contributed by atoms with Crippen LogP contribution in [0.1, 0.15) is 11.6 Å². The summed E-state index contributed by atoms with van der Waals surface area (Å²) in [6.45, 7) is -0.142. The summed E-state index contributed by atoms with van der Waals surface area (Å²) in [4.78, 5) is 0. The lowest BCUT2D eigenvalue weighted by molar-refractivity contribution is 0.260. The number of benzene rings is 1. The highest BCUT2D eigenvalue weighted by Gasteiger charge is 2.16. The van der Waals surface area contributed by atoms with Crippen molar-refractivity contribution in [2.45, 2.75) is 6.04 Å². The molecular formula is C10H16ClNO3. The number of ether oxygens (including phenoxy) is 2. The van der Waals surface area contributed by atoms with Crippen molar-refractivity contribution in [3.05, 3.63) is 23.8 Å². The van der Waals surface area contributed by atoms with E-state index >= 15 is 0 Å². The van der Waals surface area contributed by atoms with Crippen LogP contribution in [0.3, 0.4) is 0 Å². The van der Waals surface area contributed by atoms with Crippen molar-refractivity contribution >= 4 is 12.4 Å². The van der Waals surface area contributed by atoms with Gasteiger partial charge in [-0.25, -0.2) is 0 Å². The molecule has 0 radical (unpaired) electrons. The third-order valence-electron chi connectivity index (χ3n) is 2.03. The molecule has 0 amide bonds. The van der Waals surface area contributed by atoms with E-state index < -0.39 is 6.04 Å². The molecule has 86 valence electrons. The molecule has 0 saturated heterocycles. The van der Waals surface area contributed by atoms with Gasteiger partial charge in [-0.3, -0.25) is 0 Å². The van der Waals surface area contributed by atoms with E-state index in [0.29, 0.717) is 17.1 Å². The van der Waals surface area contributed by atoms with Crippen molar-refractivity contribution in [1.29, 1.82) is 0 Å². The van der Waals surface area contributed by atoms with E-state index in [2.05, 4.69) is 0 Å². The molecule has 3 N–H and O–H groups in total. The summed E-state index contributed by atoms with van der Waals surface area (Å²) in [5, 5.41) is 8.99. The number of aliphatic hydroxyl groups is 1. The molecule has 0 spiro atoms. The largest absolute Gasteiger partial charge is 0.496 e. The molecule has 0 aliphatic heterocycles. The SMILES string of the molecule is COc1cccc(OC)c1[C@H](N)CO.Cl. The highest BCUT2D eigenvalue weighted by atomic mass is 35.5. The van der Waals surface area contributed by atoms with Crippen LogP contribution in [-0.2, 0) is 0 Å². The van der Waals surface area contributed by atoms with E-state index in [9.17, 15) is 0 Å². The van der Waals surface area contributed by atoms with Gasteiger partial charge in [0, 0.05) is 0 Å². The molecule has 0 heterocycles. The molecule has 1 aromatic carbocycles. The molecule has 0 fully saturated rings. The molecule has 0 aliphatic carbocycles. The number of hydrogen-bond donors (Lipinski definition) is 2. The Morgan fingerprint density at radius 3 is 2.07 bits per heavy atom. The van der Waals surface area contributed by atoms with Crippen LogP contribution in [-0.4, -0.2) is 25.9 Å². The van der Waals surface area contributed by atoms with Crippen molar-refractivity contribution in [3.8, 4) is 11.5 Å². The van der Waals surface area contributed by atoms with Gasteiger partial charge >= 0.3 is 0 Å². The molecule has 5 heteroatoms. The standard InChI is InChI=1S/C10H15NO3.ClH/c1-13-8-4-3-5-9(14-2)10(8)7(11)6-12;/h3-5,7,12H,6,11H2,1-2H3;1H/t7-;/m1./s1. The second kappa shape index (κ2) is 6.50. The summed E-state index contributed by atoms with van der Waals surface area (Å²) >= 11 is 0. The Morgan fingerprint density at radius 2 is 1.73 bits per heavy atom. The molecule has 15 heavy (non-hydrogen) atoms. The molecule has 0 bridgehead atoms. The summed E-state index contributed by atoms with van der Waals surface area (Å²) in [5.74, 6) is 1.26. The van der Waals surface area contributed by atoms with Crippen molar-refractivity contribution < 1.29 is 14.6 Å². The average Bonchev–Trinajstić information content (AvgIpc) is 2.26. The first-order valence-corrected chi connectivity index (χ1v) is 4.32. The van der Waals surface area contributed by atoms with Gasteiger partial charge in [0.15, 0.2) is 0 Å². The van der Waals surface area contributed by atoms with Crippen LogP contribution >= 0.6 is 12.4 Å². The summed E-state index contributed by atoms with van der Waals surface area (Å²) in [6.07, 6.45) is 0. The summed E-state index contributed by atoms with van der Waals surface area (Å²) in [7, 11) is 3.12. The molecule has 0 aromatic heterocycles. The third-order valence-corrected chi connectivity index (χ3v) is 2.03. The Kier molecular flexibility index (Phi) is 6.08. The van der Waals surface area contributed by atoms with Gasteiger partial charge in [-0.15, -0.1) is 12.4 Å². The molecule has 0 aliphatic rings. The van der Waals surface area contributed by atoms with Crippen LogP contribution in [0.2, 0.25) is 0 Å². The fourth-order valence-electron chi connectivity index (χ4n) is 1.34. The number of hydrogen-bond acceptors (Lipinski definition) is 4. The maximum absolute atomic E-state index is 8.99. The van der Waals surface area contributed by atoms with Crippen molar-refractivity contribution in [3.63, 3.8) is 0 Å². The van der Waals surface area contributed by atoms with Crippen molar-refractivity contribution in [2.75, 3.05) is 20.8 Å². The Hall–Kier alpha value is -0.970. The minimum atomic E-state index is -0.485. The van der Waals surface area contributed by atoms with Crippen LogP contribution in [0.4, 0.5) is 0 Å². The van der Waals surface area contributed by atoms with Gasteiger partial charge in [-0.05, 0) is 12.1 Å². The monoisotopic (exact) mass is 233 g/mol. The fourth-order valence-corrected chi connectivity index (χ4v) is 1.34. The third kappa shape index (κ3) is 2.99. The van der Waals surface area contributed by atoms with Gasteiger partial charge in [0.05, 0.1) is 32.4 Å². The van der Waals surface area contributed by atoms with Gasteiger partial charge < -0.3 is 20.3 Å². The van der Waals surface area contributed by atoms with E-state index in [1.807, 2.05) is 6.07 Å². The Bertz CT molecular complexity index is 284. The number of halogens is 1. The number of nitrogens with two attached hydrogens (primary N) is 1. The molecule has 1 atom stereocenters. The highest BCUT2D eigenvalue weighted by molar-refractivity contribution is 5.85. The molecule has 0 unspecified atom stereocenters. The Labute approximate surface area is 95.4 Å². The Balaban J connectivity index is 0.00000196. The fraction of sp³-hybridized carbons (Fsp3) is 0.400. The van der Waals surface area contributed by atoms with Gasteiger partial charge in [0.1, 0.15) is 11.5 Å². The van der Waals surface area contributed by atoms with Crippen molar-refractivity contribution in [1.82, 2.24) is 0 Å². The van der Waals surface area contributed by atoms with E-state index in [4.69, 9.17) is 20.3 Å². The lowest BCUT2D eigenvalue weighted by Gasteiger charge is -2.16. The molecular weight excluding hydrogens is 218 g/mol. The van der Waals surface area contributed by atoms with Gasteiger partial charge in [-0.1, -0.05) is 6.07 Å². The highest BCUT2D eigenvalue weighted by Crippen LogP contribution is 2.32. The quantitative estimate of drug-likeness (QED) is 0.818. The average molecular weight is 234 g/mol. The smallest absolute Gasteiger partial charge is 0.127 e. The van der Waals surface area contributed by atoms with Gasteiger partial charge in [-0.2, -0.15) is 0 Å². The van der Waals surface area contributed by atoms with Crippen LogP contribution in [0.25, 0.3) is 0 Å². The second-order valence-electron chi connectivity index (χ2n) is 2.87. The first-order chi connectivity index (χ1) is 6.74. The van der Waals surface area contributed by atoms with Gasteiger partial charge in [0.2, 0.25) is 0 Å². The van der Waals surface area contributed by atoms with Crippen LogP contribution in [0.15, 0.2) is 18.2 Å². The zero-order chi connectivity index (χ0) is 10.6. The van der Waals surface area contributed by atoms with E-state index in [0.717, 1.165) is 0 Å². The first kappa shape index (κ1) is 14.0. The number of rotatable bonds is 4. The number of aliphatic hydroxyl groups excluding tert-OH is 1. The van der Waals surface area contributed by atoms with E-state index in [1.165, 1.54) is 0 Å². The predicted molar refractivity (Wildman–Crippen MR) is 60.8 cm³/mol. The maximum Gasteiger partial charge on any atom is 0.127 e. The predicted octanol–water partition coefficient (Wildman–Crippen LogP) is 1.12. The molecule has 1 rings (SSSR count). The normalized spacial score (nSPS) is 11.5. The van der Waals surface area contributed by atoms with Crippen LogP contribution < -0.4 is 15.2 Å². The zero-order valence-corrected chi connectivity index (χ0v) is 9.58. The molecule has 1 aromatic rings. The first-order valence-electron chi connectivity index (χ1n) is 4.32. The van der Waals surface area contributed by atoms with Gasteiger partial charge in [0.25, 0.3) is 0 Å². The van der Waals surface area contributed by atoms with E-state index in [1.54, 1.807) is 26.4 Å². The summed E-state index contributed by atoms with van der Waals surface area (Å²) in [5.41, 5.74) is 6.43.